The Morgan fingerprint density at radius 2 is 1.81 bits per heavy atom. The van der Waals surface area contributed by atoms with Gasteiger partial charge in [-0.3, -0.25) is 9.59 Å². The molecule has 2 aliphatic rings. The third kappa shape index (κ3) is 5.23. The molecule has 1 aliphatic heterocycles. The first-order valence-electron chi connectivity index (χ1n) is 10.0. The van der Waals surface area contributed by atoms with E-state index in [1.165, 1.54) is 19.3 Å². The van der Waals surface area contributed by atoms with Crippen molar-refractivity contribution in [3.63, 3.8) is 0 Å². The molecule has 5 nitrogen and oxygen atoms in total. The number of benzene rings is 1. The predicted molar refractivity (Wildman–Crippen MR) is 101 cm³/mol. The molecule has 1 saturated heterocycles. The van der Waals surface area contributed by atoms with Crippen molar-refractivity contribution in [1.82, 2.24) is 10.2 Å². The lowest BCUT2D eigenvalue weighted by Crippen LogP contribution is -2.49. The van der Waals surface area contributed by atoms with E-state index in [0.717, 1.165) is 31.4 Å². The number of nitrogens with zero attached hydrogens (tertiary/aromatic N) is 1. The quantitative estimate of drug-likeness (QED) is 0.761. The van der Waals surface area contributed by atoms with Crippen molar-refractivity contribution >= 4 is 11.8 Å². The Kier molecular flexibility index (Phi) is 6.92. The molecule has 1 aliphatic carbocycles. The minimum Gasteiger partial charge on any atom is -0.494 e. The number of para-hydroxylation sites is 1. The molecule has 1 heterocycles. The fourth-order valence-electron chi connectivity index (χ4n) is 3.96. The summed E-state index contributed by atoms with van der Waals surface area (Å²) in [5, 5.41) is 3.18. The van der Waals surface area contributed by atoms with E-state index < -0.39 is 0 Å². The number of ether oxygens (including phenoxy) is 1. The summed E-state index contributed by atoms with van der Waals surface area (Å²) >= 11 is 0. The van der Waals surface area contributed by atoms with Gasteiger partial charge in [-0.25, -0.2) is 0 Å². The van der Waals surface area contributed by atoms with E-state index in [-0.39, 0.29) is 17.9 Å². The Morgan fingerprint density at radius 1 is 1.04 bits per heavy atom. The molecule has 3 rings (SSSR count). The van der Waals surface area contributed by atoms with Crippen molar-refractivity contribution in [2.45, 2.75) is 69.9 Å². The molecule has 0 unspecified atom stereocenters. The van der Waals surface area contributed by atoms with Gasteiger partial charge in [0.1, 0.15) is 11.8 Å². The van der Waals surface area contributed by atoms with Gasteiger partial charge in [-0.2, -0.15) is 0 Å². The summed E-state index contributed by atoms with van der Waals surface area (Å²) in [5.41, 5.74) is 0. The van der Waals surface area contributed by atoms with Crippen LogP contribution in [-0.2, 0) is 9.59 Å². The summed E-state index contributed by atoms with van der Waals surface area (Å²) < 4.78 is 5.64. The zero-order valence-corrected chi connectivity index (χ0v) is 15.5. The highest BCUT2D eigenvalue weighted by Crippen LogP contribution is 2.22. The van der Waals surface area contributed by atoms with Crippen molar-refractivity contribution in [2.24, 2.45) is 0 Å². The Morgan fingerprint density at radius 3 is 2.58 bits per heavy atom. The molecule has 0 bridgehead atoms. The molecule has 0 radical (unpaired) electrons. The van der Waals surface area contributed by atoms with Gasteiger partial charge in [-0.1, -0.05) is 37.5 Å². The van der Waals surface area contributed by atoms with E-state index in [1.807, 2.05) is 30.3 Å². The third-order valence-corrected chi connectivity index (χ3v) is 5.37. The maximum atomic E-state index is 12.6. The summed E-state index contributed by atoms with van der Waals surface area (Å²) in [4.78, 5) is 26.9. The predicted octanol–water partition coefficient (Wildman–Crippen LogP) is 3.29. The lowest BCUT2D eigenvalue weighted by molar-refractivity contribution is -0.139. The molecule has 1 N–H and O–H groups in total. The van der Waals surface area contributed by atoms with Crippen LogP contribution in [0.5, 0.6) is 5.75 Å². The molecule has 142 valence electrons. The molecule has 2 fully saturated rings. The number of hydrogen-bond acceptors (Lipinski definition) is 3. The van der Waals surface area contributed by atoms with Crippen molar-refractivity contribution < 1.29 is 14.3 Å². The minimum atomic E-state index is -0.278. The Labute approximate surface area is 156 Å². The number of nitrogens with one attached hydrogen (secondary N) is 1. The SMILES string of the molecule is O=C(NC1CCCCC1)[C@@H]1CCCN1C(=O)CCCOc1ccccc1. The van der Waals surface area contributed by atoms with Crippen LogP contribution in [0.1, 0.15) is 57.8 Å². The van der Waals surface area contributed by atoms with Crippen LogP contribution in [0.15, 0.2) is 30.3 Å². The zero-order valence-electron chi connectivity index (χ0n) is 15.5. The molecular formula is C21H30N2O3. The Balaban J connectivity index is 1.41. The second-order valence-electron chi connectivity index (χ2n) is 7.35. The van der Waals surface area contributed by atoms with Crippen LogP contribution >= 0.6 is 0 Å². The lowest BCUT2D eigenvalue weighted by Gasteiger charge is -2.28. The monoisotopic (exact) mass is 358 g/mol. The number of carbonyl (C=O) groups is 2. The first-order valence-corrected chi connectivity index (χ1v) is 10.0. The van der Waals surface area contributed by atoms with Gasteiger partial charge in [0.15, 0.2) is 0 Å². The first-order chi connectivity index (χ1) is 12.7. The fourth-order valence-corrected chi connectivity index (χ4v) is 3.96. The summed E-state index contributed by atoms with van der Waals surface area (Å²) in [5.74, 6) is 0.942. The first kappa shape index (κ1) is 18.7. The van der Waals surface area contributed by atoms with Crippen LogP contribution in [0.2, 0.25) is 0 Å². The van der Waals surface area contributed by atoms with E-state index in [2.05, 4.69) is 5.32 Å². The number of likely N-dealkylation sites (tertiary alicyclic amines) is 1. The summed E-state index contributed by atoms with van der Waals surface area (Å²) in [7, 11) is 0. The number of carbonyl (C=O) groups excluding carboxylic acids is 2. The van der Waals surface area contributed by atoms with Gasteiger partial charge in [0.05, 0.1) is 6.61 Å². The number of amides is 2. The minimum absolute atomic E-state index is 0.0447. The molecule has 0 aromatic heterocycles. The third-order valence-electron chi connectivity index (χ3n) is 5.37. The van der Waals surface area contributed by atoms with Crippen molar-refractivity contribution in [3.8, 4) is 5.75 Å². The molecule has 1 saturated carbocycles. The molecule has 0 spiro atoms. The zero-order chi connectivity index (χ0) is 18.2. The van der Waals surface area contributed by atoms with Gasteiger partial charge >= 0.3 is 0 Å². The smallest absolute Gasteiger partial charge is 0.243 e. The summed E-state index contributed by atoms with van der Waals surface area (Å²) in [6.07, 6.45) is 8.60. The average molecular weight is 358 g/mol. The van der Waals surface area contributed by atoms with Crippen LogP contribution in [-0.4, -0.2) is 41.9 Å². The molecule has 2 amide bonds. The van der Waals surface area contributed by atoms with Crippen molar-refractivity contribution in [1.29, 1.82) is 0 Å². The molecule has 26 heavy (non-hydrogen) atoms. The van der Waals surface area contributed by atoms with E-state index in [9.17, 15) is 9.59 Å². The average Bonchev–Trinajstić information content (AvgIpc) is 3.17. The van der Waals surface area contributed by atoms with Crippen LogP contribution in [0.4, 0.5) is 0 Å². The second kappa shape index (κ2) is 9.60. The molecule has 1 aromatic carbocycles. The van der Waals surface area contributed by atoms with Gasteiger partial charge < -0.3 is 15.0 Å². The molecule has 5 heteroatoms. The van der Waals surface area contributed by atoms with Crippen LogP contribution in [0.3, 0.4) is 0 Å². The van der Waals surface area contributed by atoms with Gasteiger partial charge in [-0.15, -0.1) is 0 Å². The summed E-state index contributed by atoms with van der Waals surface area (Å²) in [6.45, 7) is 1.21. The van der Waals surface area contributed by atoms with E-state index in [1.54, 1.807) is 4.90 Å². The van der Waals surface area contributed by atoms with Gasteiger partial charge in [-0.05, 0) is 44.2 Å². The van der Waals surface area contributed by atoms with Crippen molar-refractivity contribution in [2.75, 3.05) is 13.2 Å². The van der Waals surface area contributed by atoms with Crippen molar-refractivity contribution in [3.05, 3.63) is 30.3 Å². The van der Waals surface area contributed by atoms with Crippen LogP contribution in [0, 0.1) is 0 Å². The molecular weight excluding hydrogens is 328 g/mol. The maximum Gasteiger partial charge on any atom is 0.243 e. The molecule has 1 atom stereocenters. The maximum absolute atomic E-state index is 12.6. The standard InChI is InChI=1S/C21H30N2O3/c24-20(14-8-16-26-18-11-5-2-6-12-18)23-15-7-13-19(23)21(25)22-17-9-3-1-4-10-17/h2,5-6,11-12,17,19H,1,3-4,7-10,13-16H2,(H,22,25)/t19-/m0/s1. The highest BCUT2D eigenvalue weighted by Gasteiger charge is 2.34. The number of rotatable bonds is 7. The Hall–Kier alpha value is -2.04. The lowest BCUT2D eigenvalue weighted by atomic mass is 9.95. The Bertz CT molecular complexity index is 584. The highest BCUT2D eigenvalue weighted by atomic mass is 16.5. The highest BCUT2D eigenvalue weighted by molar-refractivity contribution is 5.88. The van der Waals surface area contributed by atoms with Crippen LogP contribution in [0.25, 0.3) is 0 Å². The van der Waals surface area contributed by atoms with Gasteiger partial charge in [0.2, 0.25) is 11.8 Å². The largest absolute Gasteiger partial charge is 0.494 e. The normalized spacial score (nSPS) is 20.8. The van der Waals surface area contributed by atoms with E-state index in [4.69, 9.17) is 4.74 Å². The second-order valence-corrected chi connectivity index (χ2v) is 7.35. The van der Waals surface area contributed by atoms with Gasteiger partial charge in [0.25, 0.3) is 0 Å². The van der Waals surface area contributed by atoms with Gasteiger partial charge in [0, 0.05) is 19.0 Å². The topological polar surface area (TPSA) is 58.6 Å². The molecule has 1 aromatic rings. The number of hydrogen-bond donors (Lipinski definition) is 1. The summed E-state index contributed by atoms with van der Waals surface area (Å²) in [6, 6.07) is 9.65. The van der Waals surface area contributed by atoms with E-state index >= 15 is 0 Å². The van der Waals surface area contributed by atoms with Crippen LogP contribution < -0.4 is 10.1 Å². The fraction of sp³-hybridized carbons (Fsp3) is 0.619. The van der Waals surface area contributed by atoms with E-state index in [0.29, 0.717) is 32.0 Å².